The molecule has 1 aromatic heterocycles. The Morgan fingerprint density at radius 2 is 1.97 bits per heavy atom. The van der Waals surface area contributed by atoms with Gasteiger partial charge in [-0.05, 0) is 55.7 Å². The molecule has 1 aliphatic carbocycles. The number of rotatable bonds is 3. The molecule has 3 atom stereocenters. The van der Waals surface area contributed by atoms with E-state index in [0.29, 0.717) is 29.8 Å². The van der Waals surface area contributed by atoms with E-state index < -0.39 is 0 Å². The van der Waals surface area contributed by atoms with Crippen molar-refractivity contribution in [3.63, 3.8) is 0 Å². The largest absolute Gasteiger partial charge is 0.337 e. The Morgan fingerprint density at radius 3 is 2.66 bits per heavy atom. The lowest BCUT2D eigenvalue weighted by molar-refractivity contribution is -0.138. The number of likely N-dealkylation sites (tertiary alicyclic amines) is 1. The van der Waals surface area contributed by atoms with Gasteiger partial charge in [0.2, 0.25) is 5.91 Å². The van der Waals surface area contributed by atoms with E-state index >= 15 is 0 Å². The molecule has 1 amide bonds. The highest BCUT2D eigenvalue weighted by Crippen LogP contribution is 2.57. The van der Waals surface area contributed by atoms with Gasteiger partial charge in [-0.1, -0.05) is 38.1 Å². The SMILES string of the molecule is CC(C)c1csc([C@@H]2C[C@H]3CN(C4Cc5ccccc5C4)C(=O)[C@]34CCCN24)n1. The van der Waals surface area contributed by atoms with Crippen LogP contribution in [0.5, 0.6) is 0 Å². The van der Waals surface area contributed by atoms with Crippen LogP contribution in [-0.4, -0.2) is 45.4 Å². The maximum atomic E-state index is 13.9. The zero-order chi connectivity index (χ0) is 19.8. The first kappa shape index (κ1) is 18.1. The lowest BCUT2D eigenvalue weighted by Crippen LogP contribution is -2.51. The summed E-state index contributed by atoms with van der Waals surface area (Å²) >= 11 is 1.80. The third-order valence-corrected chi connectivity index (χ3v) is 8.93. The van der Waals surface area contributed by atoms with Crippen LogP contribution in [0.15, 0.2) is 29.6 Å². The minimum absolute atomic E-state index is 0.247. The van der Waals surface area contributed by atoms with Gasteiger partial charge in [-0.3, -0.25) is 9.69 Å². The summed E-state index contributed by atoms with van der Waals surface area (Å²) in [4.78, 5) is 23.7. The topological polar surface area (TPSA) is 36.4 Å². The fourth-order valence-corrected chi connectivity index (χ4v) is 7.65. The summed E-state index contributed by atoms with van der Waals surface area (Å²) in [5.74, 6) is 1.34. The molecule has 0 radical (unpaired) electrons. The van der Waals surface area contributed by atoms with Crippen molar-refractivity contribution in [2.45, 2.75) is 69.5 Å². The number of thiazole rings is 1. The molecule has 6 rings (SSSR count). The van der Waals surface area contributed by atoms with E-state index in [0.717, 1.165) is 45.2 Å². The fourth-order valence-electron chi connectivity index (χ4n) is 6.55. The predicted molar refractivity (Wildman–Crippen MR) is 115 cm³/mol. The highest BCUT2D eigenvalue weighted by Gasteiger charge is 2.66. The van der Waals surface area contributed by atoms with Gasteiger partial charge in [0, 0.05) is 23.9 Å². The van der Waals surface area contributed by atoms with Gasteiger partial charge in [0.1, 0.15) is 10.5 Å². The lowest BCUT2D eigenvalue weighted by atomic mass is 9.85. The van der Waals surface area contributed by atoms with Crippen LogP contribution in [0.2, 0.25) is 0 Å². The fraction of sp³-hybridized carbons (Fsp3) is 0.583. The maximum Gasteiger partial charge on any atom is 0.243 e. The molecule has 3 fully saturated rings. The molecule has 4 heterocycles. The quantitative estimate of drug-likeness (QED) is 0.766. The standard InChI is InChI=1S/C24H29N3OS/c1-15(2)20-14-29-22(25-20)21-12-18-13-26(23(28)24(18)8-5-9-27(21)24)19-10-16-6-3-4-7-17(16)11-19/h3-4,6-7,14-15,18-19,21H,5,8-13H2,1-2H3/t18-,21-,24-/m0/s1. The van der Waals surface area contributed by atoms with E-state index in [2.05, 4.69) is 53.3 Å². The summed E-state index contributed by atoms with van der Waals surface area (Å²) in [7, 11) is 0. The smallest absolute Gasteiger partial charge is 0.243 e. The van der Waals surface area contributed by atoms with Crippen molar-refractivity contribution in [1.29, 1.82) is 0 Å². The molecule has 29 heavy (non-hydrogen) atoms. The summed E-state index contributed by atoms with van der Waals surface area (Å²) in [6.07, 6.45) is 5.31. The Morgan fingerprint density at radius 1 is 1.21 bits per heavy atom. The monoisotopic (exact) mass is 407 g/mol. The molecule has 3 saturated heterocycles. The lowest BCUT2D eigenvalue weighted by Gasteiger charge is -2.34. The number of hydrogen-bond acceptors (Lipinski definition) is 4. The summed E-state index contributed by atoms with van der Waals surface area (Å²) in [5, 5.41) is 3.46. The number of aromatic nitrogens is 1. The molecule has 152 valence electrons. The molecule has 4 nitrogen and oxygen atoms in total. The molecule has 2 aromatic rings. The number of carbonyl (C=O) groups excluding carboxylic acids is 1. The number of nitrogens with zero attached hydrogens (tertiary/aromatic N) is 3. The van der Waals surface area contributed by atoms with Crippen molar-refractivity contribution in [3.05, 3.63) is 51.5 Å². The average molecular weight is 408 g/mol. The zero-order valence-electron chi connectivity index (χ0n) is 17.3. The highest BCUT2D eigenvalue weighted by atomic mass is 32.1. The van der Waals surface area contributed by atoms with E-state index in [1.54, 1.807) is 11.3 Å². The summed E-state index contributed by atoms with van der Waals surface area (Å²) < 4.78 is 0. The minimum atomic E-state index is -0.247. The van der Waals surface area contributed by atoms with Crippen molar-refractivity contribution < 1.29 is 4.79 Å². The van der Waals surface area contributed by atoms with Gasteiger partial charge in [0.25, 0.3) is 0 Å². The molecule has 0 N–H and O–H groups in total. The van der Waals surface area contributed by atoms with E-state index in [-0.39, 0.29) is 5.54 Å². The second-order valence-corrected chi connectivity index (χ2v) is 10.6. The van der Waals surface area contributed by atoms with Crippen LogP contribution >= 0.6 is 11.3 Å². The minimum Gasteiger partial charge on any atom is -0.337 e. The van der Waals surface area contributed by atoms with E-state index in [1.165, 1.54) is 21.8 Å². The average Bonchev–Trinajstić information content (AvgIpc) is 3.49. The van der Waals surface area contributed by atoms with Gasteiger partial charge in [-0.25, -0.2) is 4.98 Å². The van der Waals surface area contributed by atoms with Gasteiger partial charge in [-0.2, -0.15) is 0 Å². The zero-order valence-corrected chi connectivity index (χ0v) is 18.1. The van der Waals surface area contributed by atoms with E-state index in [1.807, 2.05) is 0 Å². The van der Waals surface area contributed by atoms with Gasteiger partial charge in [0.05, 0.1) is 11.7 Å². The molecule has 0 unspecified atom stereocenters. The Bertz CT molecular complexity index is 944. The van der Waals surface area contributed by atoms with E-state index in [9.17, 15) is 4.79 Å². The third-order valence-electron chi connectivity index (χ3n) is 7.96. The van der Waals surface area contributed by atoms with Gasteiger partial charge >= 0.3 is 0 Å². The van der Waals surface area contributed by atoms with Gasteiger partial charge in [-0.15, -0.1) is 11.3 Å². The van der Waals surface area contributed by atoms with Crippen LogP contribution in [0.1, 0.15) is 66.9 Å². The van der Waals surface area contributed by atoms with Crippen LogP contribution < -0.4 is 0 Å². The Hall–Kier alpha value is -1.72. The molecule has 1 spiro atoms. The molecular formula is C24H29N3OS. The maximum absolute atomic E-state index is 13.9. The van der Waals surface area contributed by atoms with Crippen molar-refractivity contribution >= 4 is 17.2 Å². The number of carbonyl (C=O) groups is 1. The summed E-state index contributed by atoms with van der Waals surface area (Å²) in [6, 6.07) is 9.43. The number of hydrogen-bond donors (Lipinski definition) is 0. The highest BCUT2D eigenvalue weighted by molar-refractivity contribution is 7.09. The molecule has 4 aliphatic rings. The van der Waals surface area contributed by atoms with Crippen LogP contribution in [-0.2, 0) is 17.6 Å². The van der Waals surface area contributed by atoms with Gasteiger partial charge in [0.15, 0.2) is 0 Å². The second kappa shape index (κ2) is 6.39. The Kier molecular flexibility index (Phi) is 3.98. The van der Waals surface area contributed by atoms with Gasteiger partial charge < -0.3 is 4.90 Å². The Labute approximate surface area is 176 Å². The predicted octanol–water partition coefficient (Wildman–Crippen LogP) is 4.17. The van der Waals surface area contributed by atoms with Crippen molar-refractivity contribution in [2.24, 2.45) is 5.92 Å². The summed E-state index contributed by atoms with van der Waals surface area (Å²) in [6.45, 7) is 6.40. The normalized spacial score (nSPS) is 31.7. The van der Waals surface area contributed by atoms with Crippen LogP contribution in [0, 0.1) is 5.92 Å². The third kappa shape index (κ3) is 2.46. The van der Waals surface area contributed by atoms with E-state index in [4.69, 9.17) is 4.98 Å². The first-order valence-electron chi connectivity index (χ1n) is 11.2. The molecule has 1 aromatic carbocycles. The van der Waals surface area contributed by atoms with Crippen LogP contribution in [0.3, 0.4) is 0 Å². The van der Waals surface area contributed by atoms with Crippen molar-refractivity contribution in [2.75, 3.05) is 13.1 Å². The van der Waals surface area contributed by atoms with Crippen LogP contribution in [0.4, 0.5) is 0 Å². The van der Waals surface area contributed by atoms with Crippen LogP contribution in [0.25, 0.3) is 0 Å². The molecule has 0 saturated carbocycles. The molecular weight excluding hydrogens is 378 g/mol. The summed E-state index contributed by atoms with van der Waals surface area (Å²) in [5.41, 5.74) is 3.82. The number of benzene rings is 1. The second-order valence-electron chi connectivity index (χ2n) is 9.72. The van der Waals surface area contributed by atoms with Crippen molar-refractivity contribution in [1.82, 2.24) is 14.8 Å². The molecule has 5 heteroatoms. The molecule has 0 bridgehead atoms. The number of fused-ring (bicyclic) bond motifs is 1. The molecule has 3 aliphatic heterocycles. The first-order chi connectivity index (χ1) is 14.1. The number of amides is 1. The first-order valence-corrected chi connectivity index (χ1v) is 12.1. The Balaban J connectivity index is 1.28. The van der Waals surface area contributed by atoms with Crippen molar-refractivity contribution in [3.8, 4) is 0 Å².